The SMILES string of the molecule is Cc1ccccc1-c1nc(C(=O)NCC2=CCNCC2)cs1.Cl. The minimum Gasteiger partial charge on any atom is -0.347 e. The summed E-state index contributed by atoms with van der Waals surface area (Å²) in [4.78, 5) is 16.7. The van der Waals surface area contributed by atoms with Crippen molar-refractivity contribution >= 4 is 29.7 Å². The molecule has 4 nitrogen and oxygen atoms in total. The fourth-order valence-corrected chi connectivity index (χ4v) is 3.32. The van der Waals surface area contributed by atoms with E-state index < -0.39 is 0 Å². The topological polar surface area (TPSA) is 54.0 Å². The molecule has 0 aliphatic carbocycles. The average molecular weight is 350 g/mol. The second-order valence-electron chi connectivity index (χ2n) is 5.35. The molecule has 1 aliphatic heterocycles. The molecule has 122 valence electrons. The van der Waals surface area contributed by atoms with Gasteiger partial charge in [0.25, 0.3) is 5.91 Å². The minimum atomic E-state index is -0.101. The molecule has 0 spiro atoms. The standard InChI is InChI=1S/C17H19N3OS.ClH/c1-12-4-2-3-5-14(12)17-20-15(11-22-17)16(21)19-10-13-6-8-18-9-7-13;/h2-6,11,18H,7-10H2,1H3,(H,19,21);1H. The predicted molar refractivity (Wildman–Crippen MR) is 97.4 cm³/mol. The van der Waals surface area contributed by atoms with E-state index in [-0.39, 0.29) is 18.3 Å². The van der Waals surface area contributed by atoms with Gasteiger partial charge in [-0.3, -0.25) is 4.79 Å². The van der Waals surface area contributed by atoms with Crippen molar-refractivity contribution in [2.75, 3.05) is 19.6 Å². The largest absolute Gasteiger partial charge is 0.347 e. The molecule has 0 bridgehead atoms. The summed E-state index contributed by atoms with van der Waals surface area (Å²) in [7, 11) is 0. The summed E-state index contributed by atoms with van der Waals surface area (Å²) in [6.45, 7) is 4.53. The third-order valence-electron chi connectivity index (χ3n) is 3.75. The molecule has 1 amide bonds. The number of nitrogens with zero attached hydrogens (tertiary/aromatic N) is 1. The first-order valence-corrected chi connectivity index (χ1v) is 8.30. The van der Waals surface area contributed by atoms with E-state index in [2.05, 4.69) is 34.7 Å². The summed E-state index contributed by atoms with van der Waals surface area (Å²) < 4.78 is 0. The number of carbonyl (C=O) groups is 1. The summed E-state index contributed by atoms with van der Waals surface area (Å²) >= 11 is 1.51. The van der Waals surface area contributed by atoms with Crippen molar-refractivity contribution in [1.29, 1.82) is 0 Å². The maximum absolute atomic E-state index is 12.2. The van der Waals surface area contributed by atoms with Crippen molar-refractivity contribution in [3.05, 3.63) is 52.6 Å². The Hall–Kier alpha value is -1.69. The summed E-state index contributed by atoms with van der Waals surface area (Å²) in [5.41, 5.74) is 4.04. The van der Waals surface area contributed by atoms with E-state index in [4.69, 9.17) is 0 Å². The normalized spacial score (nSPS) is 13.9. The molecule has 0 atom stereocenters. The Morgan fingerprint density at radius 2 is 2.22 bits per heavy atom. The first-order valence-electron chi connectivity index (χ1n) is 7.42. The van der Waals surface area contributed by atoms with Gasteiger partial charge in [-0.2, -0.15) is 0 Å². The van der Waals surface area contributed by atoms with Crippen LogP contribution in [0.5, 0.6) is 0 Å². The van der Waals surface area contributed by atoms with E-state index in [9.17, 15) is 4.79 Å². The Balaban J connectivity index is 0.00000192. The van der Waals surface area contributed by atoms with Gasteiger partial charge < -0.3 is 10.6 Å². The zero-order valence-electron chi connectivity index (χ0n) is 13.0. The van der Waals surface area contributed by atoms with Crippen LogP contribution in [0.2, 0.25) is 0 Å². The van der Waals surface area contributed by atoms with Crippen LogP contribution in [-0.4, -0.2) is 30.5 Å². The van der Waals surface area contributed by atoms with Crippen LogP contribution in [0.25, 0.3) is 10.6 Å². The fraction of sp³-hybridized carbons (Fsp3) is 0.294. The van der Waals surface area contributed by atoms with E-state index in [1.54, 1.807) is 0 Å². The number of carbonyl (C=O) groups excluding carboxylic acids is 1. The molecular weight excluding hydrogens is 330 g/mol. The number of thiazole rings is 1. The number of hydrogen-bond acceptors (Lipinski definition) is 4. The third kappa shape index (κ3) is 4.41. The van der Waals surface area contributed by atoms with E-state index in [1.165, 1.54) is 22.5 Å². The molecule has 0 saturated heterocycles. The van der Waals surface area contributed by atoms with Crippen LogP contribution >= 0.6 is 23.7 Å². The maximum Gasteiger partial charge on any atom is 0.271 e. The van der Waals surface area contributed by atoms with Crippen molar-refractivity contribution in [2.24, 2.45) is 0 Å². The molecule has 0 saturated carbocycles. The molecule has 23 heavy (non-hydrogen) atoms. The zero-order chi connectivity index (χ0) is 15.4. The number of amides is 1. The molecule has 0 fully saturated rings. The number of rotatable bonds is 4. The summed E-state index contributed by atoms with van der Waals surface area (Å²) in [5, 5.41) is 8.94. The van der Waals surface area contributed by atoms with Crippen LogP contribution < -0.4 is 10.6 Å². The highest BCUT2D eigenvalue weighted by Crippen LogP contribution is 2.26. The molecule has 2 heterocycles. The Labute approximate surface area is 146 Å². The Morgan fingerprint density at radius 1 is 1.39 bits per heavy atom. The van der Waals surface area contributed by atoms with Gasteiger partial charge in [0.05, 0.1) is 0 Å². The first-order chi connectivity index (χ1) is 10.7. The van der Waals surface area contributed by atoms with E-state index in [0.717, 1.165) is 30.1 Å². The van der Waals surface area contributed by atoms with Gasteiger partial charge in [-0.15, -0.1) is 23.7 Å². The van der Waals surface area contributed by atoms with Gasteiger partial charge in [0.15, 0.2) is 0 Å². The highest BCUT2D eigenvalue weighted by atomic mass is 35.5. The number of nitrogens with one attached hydrogen (secondary N) is 2. The van der Waals surface area contributed by atoms with Crippen molar-refractivity contribution in [1.82, 2.24) is 15.6 Å². The molecule has 0 radical (unpaired) electrons. The van der Waals surface area contributed by atoms with Crippen LogP contribution in [-0.2, 0) is 0 Å². The molecule has 1 aliphatic rings. The van der Waals surface area contributed by atoms with Gasteiger partial charge in [-0.05, 0) is 25.5 Å². The van der Waals surface area contributed by atoms with Gasteiger partial charge in [-0.1, -0.05) is 35.9 Å². The average Bonchev–Trinajstić information content (AvgIpc) is 3.04. The predicted octanol–water partition coefficient (Wildman–Crippen LogP) is 3.19. The van der Waals surface area contributed by atoms with E-state index >= 15 is 0 Å². The number of benzene rings is 1. The molecular formula is C17H20ClN3OS. The lowest BCUT2D eigenvalue weighted by molar-refractivity contribution is 0.0952. The second-order valence-corrected chi connectivity index (χ2v) is 6.21. The van der Waals surface area contributed by atoms with Crippen molar-refractivity contribution in [3.63, 3.8) is 0 Å². The highest BCUT2D eigenvalue weighted by molar-refractivity contribution is 7.13. The van der Waals surface area contributed by atoms with Gasteiger partial charge in [0, 0.05) is 24.0 Å². The highest BCUT2D eigenvalue weighted by Gasteiger charge is 2.13. The molecule has 6 heteroatoms. The molecule has 2 aromatic rings. The monoisotopic (exact) mass is 349 g/mol. The Bertz CT molecular complexity index is 711. The van der Waals surface area contributed by atoms with E-state index in [1.807, 2.05) is 23.6 Å². The van der Waals surface area contributed by atoms with Crippen molar-refractivity contribution < 1.29 is 4.79 Å². The van der Waals surface area contributed by atoms with Crippen LogP contribution in [0.15, 0.2) is 41.3 Å². The van der Waals surface area contributed by atoms with Crippen LogP contribution in [0.3, 0.4) is 0 Å². The Kier molecular flexibility index (Phi) is 6.33. The second kappa shape index (κ2) is 8.24. The molecule has 0 unspecified atom stereocenters. The van der Waals surface area contributed by atoms with Gasteiger partial charge in [0.1, 0.15) is 10.7 Å². The summed E-state index contributed by atoms with van der Waals surface area (Å²) in [5.74, 6) is -0.101. The van der Waals surface area contributed by atoms with Gasteiger partial charge in [0.2, 0.25) is 0 Å². The maximum atomic E-state index is 12.2. The van der Waals surface area contributed by atoms with Crippen LogP contribution in [0.1, 0.15) is 22.5 Å². The molecule has 3 rings (SSSR count). The number of halogens is 1. The molecule has 1 aromatic heterocycles. The van der Waals surface area contributed by atoms with Gasteiger partial charge in [-0.25, -0.2) is 4.98 Å². The number of aromatic nitrogens is 1. The quantitative estimate of drug-likeness (QED) is 0.833. The minimum absolute atomic E-state index is 0. The van der Waals surface area contributed by atoms with E-state index in [0.29, 0.717) is 12.2 Å². The number of aryl methyl sites for hydroxylation is 1. The van der Waals surface area contributed by atoms with Gasteiger partial charge >= 0.3 is 0 Å². The Morgan fingerprint density at radius 3 is 2.96 bits per heavy atom. The zero-order valence-corrected chi connectivity index (χ0v) is 14.6. The molecule has 1 aromatic carbocycles. The van der Waals surface area contributed by atoms with Crippen molar-refractivity contribution in [3.8, 4) is 10.6 Å². The van der Waals surface area contributed by atoms with Crippen LogP contribution in [0.4, 0.5) is 0 Å². The molecule has 2 N–H and O–H groups in total. The number of hydrogen-bond donors (Lipinski definition) is 2. The smallest absolute Gasteiger partial charge is 0.271 e. The lowest BCUT2D eigenvalue weighted by Gasteiger charge is -2.14. The summed E-state index contributed by atoms with van der Waals surface area (Å²) in [6, 6.07) is 8.09. The lowest BCUT2D eigenvalue weighted by atomic mass is 10.1. The van der Waals surface area contributed by atoms with Crippen LogP contribution in [0, 0.1) is 6.92 Å². The first kappa shape index (κ1) is 17.7. The fourth-order valence-electron chi connectivity index (χ4n) is 2.43. The van der Waals surface area contributed by atoms with Crippen molar-refractivity contribution in [2.45, 2.75) is 13.3 Å². The lowest BCUT2D eigenvalue weighted by Crippen LogP contribution is -2.29. The summed E-state index contributed by atoms with van der Waals surface area (Å²) in [6.07, 6.45) is 3.13. The third-order valence-corrected chi connectivity index (χ3v) is 4.62.